The zero-order valence-corrected chi connectivity index (χ0v) is 21.2. The van der Waals surface area contributed by atoms with Crippen molar-refractivity contribution in [1.29, 1.82) is 0 Å². The molecular weight excluding hydrogens is 492 g/mol. The summed E-state index contributed by atoms with van der Waals surface area (Å²) in [5.74, 6) is 0.193. The molecule has 178 valence electrons. The van der Waals surface area contributed by atoms with Crippen molar-refractivity contribution >= 4 is 27.7 Å². The normalized spacial score (nSPS) is 12.4. The van der Waals surface area contributed by atoms with Gasteiger partial charge in [-0.1, -0.05) is 83.5 Å². The monoisotopic (exact) mass is 522 g/mol. The second-order valence-electron chi connectivity index (χ2n) is 8.27. The SMILES string of the molecule is CC[C@@H](C)NC(=O)[C@H](Cc1ccccc1)N(Cc1ccccc1)C(=O)COc1ccc(Br)cc1. The van der Waals surface area contributed by atoms with Crippen LogP contribution in [0.4, 0.5) is 0 Å². The lowest BCUT2D eigenvalue weighted by Gasteiger charge is -2.32. The van der Waals surface area contributed by atoms with Gasteiger partial charge in [0.2, 0.25) is 5.91 Å². The zero-order valence-electron chi connectivity index (χ0n) is 19.6. The summed E-state index contributed by atoms with van der Waals surface area (Å²) in [4.78, 5) is 28.5. The number of carbonyl (C=O) groups excluding carboxylic acids is 2. The summed E-state index contributed by atoms with van der Waals surface area (Å²) in [7, 11) is 0. The molecule has 34 heavy (non-hydrogen) atoms. The summed E-state index contributed by atoms with van der Waals surface area (Å²) in [6.07, 6.45) is 1.23. The molecule has 3 aromatic rings. The summed E-state index contributed by atoms with van der Waals surface area (Å²) in [5, 5.41) is 3.07. The molecule has 0 aliphatic heterocycles. The van der Waals surface area contributed by atoms with E-state index >= 15 is 0 Å². The highest BCUT2D eigenvalue weighted by atomic mass is 79.9. The van der Waals surface area contributed by atoms with Crippen molar-refractivity contribution in [1.82, 2.24) is 10.2 Å². The fraction of sp³-hybridized carbons (Fsp3) is 0.286. The molecule has 5 nitrogen and oxygen atoms in total. The largest absolute Gasteiger partial charge is 0.484 e. The van der Waals surface area contributed by atoms with Crippen molar-refractivity contribution in [3.63, 3.8) is 0 Å². The molecule has 0 fully saturated rings. The Morgan fingerprint density at radius 3 is 2.09 bits per heavy atom. The Bertz CT molecular complexity index is 1040. The Morgan fingerprint density at radius 2 is 1.50 bits per heavy atom. The molecule has 0 spiro atoms. The highest BCUT2D eigenvalue weighted by Gasteiger charge is 2.31. The van der Waals surface area contributed by atoms with Gasteiger partial charge in [-0.3, -0.25) is 9.59 Å². The first-order valence-corrected chi connectivity index (χ1v) is 12.3. The van der Waals surface area contributed by atoms with Crippen LogP contribution in [-0.2, 0) is 22.6 Å². The third-order valence-electron chi connectivity index (χ3n) is 5.64. The Morgan fingerprint density at radius 1 is 0.912 bits per heavy atom. The fourth-order valence-electron chi connectivity index (χ4n) is 3.53. The molecule has 0 unspecified atom stereocenters. The number of rotatable bonds is 11. The fourth-order valence-corrected chi connectivity index (χ4v) is 3.80. The van der Waals surface area contributed by atoms with E-state index in [2.05, 4.69) is 21.2 Å². The van der Waals surface area contributed by atoms with E-state index < -0.39 is 6.04 Å². The number of carbonyl (C=O) groups is 2. The van der Waals surface area contributed by atoms with E-state index in [4.69, 9.17) is 4.74 Å². The Labute approximate surface area is 210 Å². The van der Waals surface area contributed by atoms with Gasteiger partial charge in [0.25, 0.3) is 5.91 Å². The molecule has 1 N–H and O–H groups in total. The Hall–Kier alpha value is -3.12. The molecule has 6 heteroatoms. The van der Waals surface area contributed by atoms with Gasteiger partial charge in [-0.25, -0.2) is 0 Å². The number of benzene rings is 3. The molecule has 0 saturated carbocycles. The molecule has 0 aliphatic rings. The second kappa shape index (κ2) is 12.9. The van der Waals surface area contributed by atoms with Crippen molar-refractivity contribution in [2.75, 3.05) is 6.61 Å². The summed E-state index contributed by atoms with van der Waals surface area (Å²) in [6.45, 7) is 4.15. The molecule has 0 aliphatic carbocycles. The van der Waals surface area contributed by atoms with Crippen molar-refractivity contribution in [3.8, 4) is 5.75 Å². The van der Waals surface area contributed by atoms with Gasteiger partial charge >= 0.3 is 0 Å². The van der Waals surface area contributed by atoms with E-state index in [9.17, 15) is 9.59 Å². The third-order valence-corrected chi connectivity index (χ3v) is 6.17. The minimum Gasteiger partial charge on any atom is -0.484 e. The van der Waals surface area contributed by atoms with Crippen molar-refractivity contribution in [2.45, 2.75) is 45.3 Å². The first-order chi connectivity index (χ1) is 16.5. The first-order valence-electron chi connectivity index (χ1n) is 11.5. The van der Waals surface area contributed by atoms with Crippen LogP contribution in [0, 0.1) is 0 Å². The molecule has 0 bridgehead atoms. The number of nitrogens with zero attached hydrogens (tertiary/aromatic N) is 1. The van der Waals surface area contributed by atoms with Crippen LogP contribution >= 0.6 is 15.9 Å². The van der Waals surface area contributed by atoms with Crippen LogP contribution < -0.4 is 10.1 Å². The lowest BCUT2D eigenvalue weighted by atomic mass is 10.0. The minimum atomic E-state index is -0.669. The van der Waals surface area contributed by atoms with E-state index in [1.54, 1.807) is 17.0 Å². The Kier molecular flexibility index (Phi) is 9.71. The lowest BCUT2D eigenvalue weighted by molar-refractivity contribution is -0.143. The van der Waals surface area contributed by atoms with Crippen LogP contribution in [0.2, 0.25) is 0 Å². The van der Waals surface area contributed by atoms with E-state index in [-0.39, 0.29) is 24.5 Å². The second-order valence-corrected chi connectivity index (χ2v) is 9.19. The predicted octanol–water partition coefficient (Wildman–Crippen LogP) is 5.38. The smallest absolute Gasteiger partial charge is 0.261 e. The van der Waals surface area contributed by atoms with Crippen molar-refractivity contribution in [2.24, 2.45) is 0 Å². The van der Waals surface area contributed by atoms with Crippen LogP contribution in [0.25, 0.3) is 0 Å². The van der Waals surface area contributed by atoms with Gasteiger partial charge in [0.05, 0.1) is 0 Å². The van der Waals surface area contributed by atoms with E-state index in [0.29, 0.717) is 18.7 Å². The zero-order chi connectivity index (χ0) is 24.3. The minimum absolute atomic E-state index is 0.0125. The molecule has 2 amide bonds. The molecule has 0 saturated heterocycles. The van der Waals surface area contributed by atoms with Crippen molar-refractivity contribution in [3.05, 3.63) is 101 Å². The molecule has 2 atom stereocenters. The van der Waals surface area contributed by atoms with Crippen LogP contribution in [0.3, 0.4) is 0 Å². The maximum atomic E-state index is 13.5. The average Bonchev–Trinajstić information content (AvgIpc) is 2.86. The first kappa shape index (κ1) is 25.5. The molecular formula is C28H31BrN2O3. The number of hydrogen-bond donors (Lipinski definition) is 1. The topological polar surface area (TPSA) is 58.6 Å². The van der Waals surface area contributed by atoms with E-state index in [0.717, 1.165) is 22.0 Å². The summed E-state index contributed by atoms with van der Waals surface area (Å²) >= 11 is 3.40. The van der Waals surface area contributed by atoms with Gasteiger partial charge in [-0.2, -0.15) is 0 Å². The summed E-state index contributed by atoms with van der Waals surface area (Å²) < 4.78 is 6.71. The van der Waals surface area contributed by atoms with Gasteiger partial charge in [0.15, 0.2) is 6.61 Å². The molecule has 0 heterocycles. The van der Waals surface area contributed by atoms with Gasteiger partial charge < -0.3 is 15.0 Å². The number of halogens is 1. The standard InChI is InChI=1S/C28H31BrN2O3/c1-3-21(2)30-28(33)26(18-22-10-6-4-7-11-22)31(19-23-12-8-5-9-13-23)27(32)20-34-25-16-14-24(29)15-17-25/h4-17,21,26H,3,18-20H2,1-2H3,(H,30,33)/t21-,26+/m1/s1. The maximum Gasteiger partial charge on any atom is 0.261 e. The Balaban J connectivity index is 1.88. The number of amides is 2. The van der Waals surface area contributed by atoms with Gasteiger partial charge in [0.1, 0.15) is 11.8 Å². The molecule has 3 rings (SSSR count). The van der Waals surface area contributed by atoms with Crippen molar-refractivity contribution < 1.29 is 14.3 Å². The lowest BCUT2D eigenvalue weighted by Crippen LogP contribution is -2.53. The summed E-state index contributed by atoms with van der Waals surface area (Å²) in [6, 6.07) is 26.2. The number of ether oxygens (including phenoxy) is 1. The third kappa shape index (κ3) is 7.73. The van der Waals surface area contributed by atoms with Crippen LogP contribution in [0.1, 0.15) is 31.4 Å². The highest BCUT2D eigenvalue weighted by Crippen LogP contribution is 2.18. The summed E-state index contributed by atoms with van der Waals surface area (Å²) in [5.41, 5.74) is 1.94. The highest BCUT2D eigenvalue weighted by molar-refractivity contribution is 9.10. The molecule has 0 radical (unpaired) electrons. The quantitative estimate of drug-likeness (QED) is 0.367. The van der Waals surface area contributed by atoms with Gasteiger partial charge in [-0.15, -0.1) is 0 Å². The number of nitrogens with one attached hydrogen (secondary N) is 1. The van der Waals surface area contributed by atoms with E-state index in [1.165, 1.54) is 0 Å². The van der Waals surface area contributed by atoms with Gasteiger partial charge in [0, 0.05) is 23.5 Å². The molecule has 0 aromatic heterocycles. The van der Waals surface area contributed by atoms with Crippen LogP contribution in [0.5, 0.6) is 5.75 Å². The average molecular weight is 523 g/mol. The maximum absolute atomic E-state index is 13.5. The van der Waals surface area contributed by atoms with Crippen LogP contribution in [-0.4, -0.2) is 35.4 Å². The molecule has 3 aromatic carbocycles. The predicted molar refractivity (Wildman–Crippen MR) is 138 cm³/mol. The number of hydrogen-bond acceptors (Lipinski definition) is 3. The van der Waals surface area contributed by atoms with Crippen LogP contribution in [0.15, 0.2) is 89.4 Å². The van der Waals surface area contributed by atoms with Gasteiger partial charge in [-0.05, 0) is 48.7 Å². The van der Waals surface area contributed by atoms with E-state index in [1.807, 2.05) is 86.6 Å².